The van der Waals surface area contributed by atoms with Crippen molar-refractivity contribution in [1.29, 1.82) is 0 Å². The molecule has 14 heteroatoms. The molecule has 2 atom stereocenters. The molecule has 13 nitrogen and oxygen atoms in total. The van der Waals surface area contributed by atoms with Crippen LogP contribution >= 0.6 is 0 Å². The molecule has 0 amide bonds. The number of hydrogen-bond donors (Lipinski definition) is 0. The third-order valence-electron chi connectivity index (χ3n) is 3.36. The van der Waals surface area contributed by atoms with Crippen molar-refractivity contribution in [3.8, 4) is 0 Å². The first-order chi connectivity index (χ1) is 10.5. The monoisotopic (exact) mass is 336 g/mol. The Bertz CT molecular complexity index is 623. The highest BCUT2D eigenvalue weighted by molar-refractivity contribution is 5.30. The van der Waals surface area contributed by atoms with Crippen molar-refractivity contribution in [2.45, 2.75) is 18.2 Å². The van der Waals surface area contributed by atoms with E-state index in [-0.39, 0.29) is 6.08 Å². The standard InChI is InChI=1S/C9H9FN4O9/c1-8(11(15)16)4-6(23-2)5(3-7(8)10)9(12(17)18,13(19)20)14(21)22/h3-5H,1-2H3/t5-,8+/m0/s1. The zero-order valence-corrected chi connectivity index (χ0v) is 11.6. The number of ether oxygens (including phenoxy) is 1. The van der Waals surface area contributed by atoms with Gasteiger partial charge in [-0.1, -0.05) is 0 Å². The van der Waals surface area contributed by atoms with Crippen molar-refractivity contribution in [2.75, 3.05) is 7.11 Å². The summed E-state index contributed by atoms with van der Waals surface area (Å²) in [5.41, 5.74) is -2.52. The lowest BCUT2D eigenvalue weighted by Gasteiger charge is -2.25. The Labute approximate surface area is 125 Å². The normalized spacial score (nSPS) is 24.2. The first-order valence-corrected chi connectivity index (χ1v) is 5.68. The van der Waals surface area contributed by atoms with Crippen LogP contribution in [0.15, 0.2) is 23.7 Å². The highest BCUT2D eigenvalue weighted by Gasteiger charge is 2.78. The van der Waals surface area contributed by atoms with Crippen molar-refractivity contribution in [3.63, 3.8) is 0 Å². The summed E-state index contributed by atoms with van der Waals surface area (Å²) in [4.78, 5) is 37.4. The van der Waals surface area contributed by atoms with E-state index in [1.807, 2.05) is 0 Å². The molecular weight excluding hydrogens is 327 g/mol. The van der Waals surface area contributed by atoms with E-state index in [0.717, 1.165) is 14.0 Å². The highest BCUT2D eigenvalue weighted by atomic mass is 19.1. The van der Waals surface area contributed by atoms with E-state index in [9.17, 15) is 44.8 Å². The SMILES string of the molecule is COC1=C[C@@](C)([N+](=O)[O-])C(F)=C[C@@H]1C([N+](=O)[O-])([N+](=O)[O-])[N+](=O)[O-]. The number of nitrogens with zero attached hydrogens (tertiary/aromatic N) is 4. The van der Waals surface area contributed by atoms with Gasteiger partial charge in [0.25, 0.3) is 11.5 Å². The van der Waals surface area contributed by atoms with E-state index in [0.29, 0.717) is 6.08 Å². The van der Waals surface area contributed by atoms with Gasteiger partial charge in [-0.25, -0.2) is 4.39 Å². The average molecular weight is 336 g/mol. The van der Waals surface area contributed by atoms with Crippen LogP contribution in [0.1, 0.15) is 6.92 Å². The fourth-order valence-electron chi connectivity index (χ4n) is 2.00. The first kappa shape index (κ1) is 17.9. The van der Waals surface area contributed by atoms with Gasteiger partial charge in [-0.2, -0.15) is 0 Å². The molecular formula is C9H9FN4O9. The molecule has 0 radical (unpaired) electrons. The summed E-state index contributed by atoms with van der Waals surface area (Å²) in [5, 5.41) is 44.0. The summed E-state index contributed by atoms with van der Waals surface area (Å²) in [6.07, 6.45) is 0.522. The van der Waals surface area contributed by atoms with Crippen LogP contribution in [-0.4, -0.2) is 38.1 Å². The molecule has 0 saturated carbocycles. The molecule has 0 fully saturated rings. The topological polar surface area (TPSA) is 182 Å². The molecule has 1 aliphatic carbocycles. The van der Waals surface area contributed by atoms with Crippen LogP contribution < -0.4 is 0 Å². The molecule has 0 aromatic carbocycles. The van der Waals surface area contributed by atoms with Gasteiger partial charge in [0.15, 0.2) is 20.6 Å². The molecule has 0 aliphatic heterocycles. The molecule has 0 unspecified atom stereocenters. The number of methoxy groups -OCH3 is 1. The predicted octanol–water partition coefficient (Wildman–Crippen LogP) is 0.519. The van der Waals surface area contributed by atoms with E-state index in [1.54, 1.807) is 0 Å². The summed E-state index contributed by atoms with van der Waals surface area (Å²) in [6, 6.07) is 0. The second-order valence-corrected chi connectivity index (χ2v) is 4.61. The predicted molar refractivity (Wildman–Crippen MR) is 66.9 cm³/mol. The molecule has 0 spiro atoms. The molecule has 23 heavy (non-hydrogen) atoms. The smallest absolute Gasteiger partial charge is 0.500 e. The minimum absolute atomic E-state index is 0.0933. The number of hydrogen-bond acceptors (Lipinski definition) is 9. The number of nitro groups is 4. The van der Waals surface area contributed by atoms with Crippen LogP contribution in [0, 0.1) is 46.4 Å². The Hall–Kier alpha value is -3.19. The maximum absolute atomic E-state index is 14.0. The van der Waals surface area contributed by atoms with Gasteiger partial charge in [0.05, 0.1) is 7.11 Å². The van der Waals surface area contributed by atoms with Gasteiger partial charge in [0.2, 0.25) is 0 Å². The Kier molecular flexibility index (Phi) is 4.30. The van der Waals surface area contributed by atoms with Gasteiger partial charge in [-0.3, -0.25) is 40.5 Å². The molecule has 1 rings (SSSR count). The summed E-state index contributed by atoms with van der Waals surface area (Å²) in [5.74, 6) is -8.96. The van der Waals surface area contributed by atoms with Crippen molar-refractivity contribution in [3.05, 3.63) is 64.2 Å². The third kappa shape index (κ3) is 2.33. The number of halogens is 1. The van der Waals surface area contributed by atoms with Crippen LogP contribution in [0.2, 0.25) is 0 Å². The zero-order valence-electron chi connectivity index (χ0n) is 11.6. The van der Waals surface area contributed by atoms with Crippen molar-refractivity contribution >= 4 is 0 Å². The van der Waals surface area contributed by atoms with E-state index in [1.165, 1.54) is 0 Å². The quantitative estimate of drug-likeness (QED) is 0.379. The van der Waals surface area contributed by atoms with Crippen LogP contribution in [0.25, 0.3) is 0 Å². The van der Waals surface area contributed by atoms with Crippen LogP contribution in [-0.2, 0) is 4.74 Å². The lowest BCUT2D eigenvalue weighted by Crippen LogP contribution is -2.60. The maximum atomic E-state index is 14.0. The van der Waals surface area contributed by atoms with Crippen molar-refractivity contribution < 1.29 is 28.8 Å². The largest absolute Gasteiger partial charge is 0.713 e. The highest BCUT2D eigenvalue weighted by Crippen LogP contribution is 2.40. The summed E-state index contributed by atoms with van der Waals surface area (Å²) < 4.78 is 18.6. The third-order valence-corrected chi connectivity index (χ3v) is 3.36. The minimum atomic E-state index is -4.09. The van der Waals surface area contributed by atoms with Crippen LogP contribution in [0.4, 0.5) is 4.39 Å². The number of rotatable bonds is 6. The Morgan fingerprint density at radius 2 is 1.57 bits per heavy atom. The van der Waals surface area contributed by atoms with Gasteiger partial charge >= 0.3 is 5.79 Å². The van der Waals surface area contributed by atoms with E-state index in [2.05, 4.69) is 4.74 Å². The van der Waals surface area contributed by atoms with Gasteiger partial charge in [-0.15, -0.1) is 0 Å². The van der Waals surface area contributed by atoms with Crippen LogP contribution in [0.3, 0.4) is 0 Å². The maximum Gasteiger partial charge on any atom is 0.713 e. The van der Waals surface area contributed by atoms with Crippen molar-refractivity contribution in [1.82, 2.24) is 0 Å². The molecule has 0 bridgehead atoms. The lowest BCUT2D eigenvalue weighted by molar-refractivity contribution is -0.975. The van der Waals surface area contributed by atoms with Crippen LogP contribution in [0.5, 0.6) is 0 Å². The van der Waals surface area contributed by atoms with E-state index in [4.69, 9.17) is 0 Å². The van der Waals surface area contributed by atoms with Gasteiger partial charge in [0, 0.05) is 17.9 Å². The molecule has 0 aromatic heterocycles. The van der Waals surface area contributed by atoms with E-state index >= 15 is 0 Å². The van der Waals surface area contributed by atoms with Gasteiger partial charge in [-0.05, 0) is 6.08 Å². The Morgan fingerprint density at radius 1 is 1.13 bits per heavy atom. The van der Waals surface area contributed by atoms with Gasteiger partial charge < -0.3 is 4.74 Å². The Balaban J connectivity index is 3.70. The van der Waals surface area contributed by atoms with Crippen molar-refractivity contribution in [2.24, 2.45) is 5.92 Å². The molecule has 0 heterocycles. The fraction of sp³-hybridized carbons (Fsp3) is 0.556. The second-order valence-electron chi connectivity index (χ2n) is 4.61. The molecule has 126 valence electrons. The molecule has 0 saturated heterocycles. The van der Waals surface area contributed by atoms with E-state index < -0.39 is 48.5 Å². The summed E-state index contributed by atoms with van der Waals surface area (Å²) in [7, 11) is 0.834. The summed E-state index contributed by atoms with van der Waals surface area (Å²) >= 11 is 0. The molecule has 0 aromatic rings. The summed E-state index contributed by atoms with van der Waals surface area (Å²) in [6.45, 7) is 0.764. The lowest BCUT2D eigenvalue weighted by atomic mass is 9.85. The molecule has 1 aliphatic rings. The average Bonchev–Trinajstić information content (AvgIpc) is 2.41. The first-order valence-electron chi connectivity index (χ1n) is 5.68. The zero-order chi connectivity index (χ0) is 18.2. The minimum Gasteiger partial charge on any atom is -0.500 e. The second kappa shape index (κ2) is 5.54. The van der Waals surface area contributed by atoms with Gasteiger partial charge in [0.1, 0.15) is 5.76 Å². The molecule has 0 N–H and O–H groups in total. The Morgan fingerprint density at radius 3 is 1.87 bits per heavy atom. The fourth-order valence-corrected chi connectivity index (χ4v) is 2.00.